The van der Waals surface area contributed by atoms with Crippen molar-refractivity contribution in [3.8, 4) is 0 Å². The maximum atomic E-state index is 12.4. The number of benzene rings is 1. The van der Waals surface area contributed by atoms with Crippen molar-refractivity contribution in [2.45, 2.75) is 32.6 Å². The van der Waals surface area contributed by atoms with Crippen LogP contribution in [0, 0.1) is 6.92 Å². The Balaban J connectivity index is 1.82. The lowest BCUT2D eigenvalue weighted by Gasteiger charge is -2.08. The molecule has 1 aromatic heterocycles. The molecule has 104 valence electrons. The van der Waals surface area contributed by atoms with Crippen LogP contribution in [0.4, 0.5) is 5.69 Å². The standard InChI is InChI=1S/C16H16BrNOS/c1-10-6-7-12(17)9-13(10)18-16(19)15-8-11-4-2-3-5-14(11)20-15/h6-9H,2-5H2,1H3,(H,18,19). The van der Waals surface area contributed by atoms with Gasteiger partial charge < -0.3 is 5.32 Å². The summed E-state index contributed by atoms with van der Waals surface area (Å²) in [6.07, 6.45) is 4.74. The number of anilines is 1. The van der Waals surface area contributed by atoms with E-state index in [9.17, 15) is 4.79 Å². The minimum absolute atomic E-state index is 0.00519. The van der Waals surface area contributed by atoms with E-state index in [1.165, 1.54) is 23.3 Å². The summed E-state index contributed by atoms with van der Waals surface area (Å²) in [6, 6.07) is 8.00. The normalized spacial score (nSPS) is 13.9. The van der Waals surface area contributed by atoms with Crippen molar-refractivity contribution in [3.05, 3.63) is 49.6 Å². The van der Waals surface area contributed by atoms with E-state index in [2.05, 4.69) is 27.3 Å². The van der Waals surface area contributed by atoms with Crippen molar-refractivity contribution in [2.24, 2.45) is 0 Å². The van der Waals surface area contributed by atoms with Crippen LogP contribution in [0.25, 0.3) is 0 Å². The Morgan fingerprint density at radius 2 is 2.05 bits per heavy atom. The first-order valence-corrected chi connectivity index (χ1v) is 8.43. The predicted molar refractivity (Wildman–Crippen MR) is 87.8 cm³/mol. The van der Waals surface area contributed by atoms with Crippen LogP contribution in [-0.2, 0) is 12.8 Å². The molecular formula is C16H16BrNOS. The molecule has 1 aliphatic carbocycles. The molecule has 3 rings (SSSR count). The van der Waals surface area contributed by atoms with Gasteiger partial charge in [-0.1, -0.05) is 22.0 Å². The maximum Gasteiger partial charge on any atom is 0.265 e. The molecule has 2 aromatic rings. The van der Waals surface area contributed by atoms with Crippen molar-refractivity contribution in [1.82, 2.24) is 0 Å². The third-order valence-electron chi connectivity index (χ3n) is 3.67. The quantitative estimate of drug-likeness (QED) is 0.816. The average molecular weight is 350 g/mol. The van der Waals surface area contributed by atoms with Crippen LogP contribution in [0.1, 0.15) is 38.5 Å². The van der Waals surface area contributed by atoms with Crippen LogP contribution in [0.15, 0.2) is 28.7 Å². The monoisotopic (exact) mass is 349 g/mol. The van der Waals surface area contributed by atoms with Crippen molar-refractivity contribution < 1.29 is 4.79 Å². The van der Waals surface area contributed by atoms with Gasteiger partial charge in [-0.2, -0.15) is 0 Å². The second-order valence-corrected chi connectivity index (χ2v) is 7.23. The van der Waals surface area contributed by atoms with E-state index in [1.807, 2.05) is 25.1 Å². The highest BCUT2D eigenvalue weighted by molar-refractivity contribution is 9.10. The van der Waals surface area contributed by atoms with E-state index in [1.54, 1.807) is 11.3 Å². The fourth-order valence-electron chi connectivity index (χ4n) is 2.52. The molecule has 1 aliphatic rings. The summed E-state index contributed by atoms with van der Waals surface area (Å²) in [5.41, 5.74) is 3.32. The van der Waals surface area contributed by atoms with Crippen LogP contribution >= 0.6 is 27.3 Å². The maximum absolute atomic E-state index is 12.4. The number of carbonyl (C=O) groups excluding carboxylic acids is 1. The highest BCUT2D eigenvalue weighted by atomic mass is 79.9. The van der Waals surface area contributed by atoms with Gasteiger partial charge in [-0.3, -0.25) is 4.79 Å². The largest absolute Gasteiger partial charge is 0.321 e. The van der Waals surface area contributed by atoms with E-state index in [0.717, 1.165) is 33.4 Å². The summed E-state index contributed by atoms with van der Waals surface area (Å²) in [7, 11) is 0. The first kappa shape index (κ1) is 13.8. The van der Waals surface area contributed by atoms with Crippen LogP contribution in [0.5, 0.6) is 0 Å². The number of hydrogen-bond donors (Lipinski definition) is 1. The fraction of sp³-hybridized carbons (Fsp3) is 0.312. The van der Waals surface area contributed by atoms with Crippen LogP contribution in [0.2, 0.25) is 0 Å². The van der Waals surface area contributed by atoms with Crippen molar-refractivity contribution in [2.75, 3.05) is 5.32 Å². The molecule has 0 spiro atoms. The van der Waals surface area contributed by atoms with E-state index >= 15 is 0 Å². The second-order valence-electron chi connectivity index (χ2n) is 5.18. The highest BCUT2D eigenvalue weighted by Crippen LogP contribution is 2.30. The molecule has 0 saturated carbocycles. The van der Waals surface area contributed by atoms with E-state index in [-0.39, 0.29) is 5.91 Å². The number of aryl methyl sites for hydroxylation is 3. The molecule has 0 fully saturated rings. The number of hydrogen-bond acceptors (Lipinski definition) is 2. The van der Waals surface area contributed by atoms with Gasteiger partial charge in [0.2, 0.25) is 0 Å². The lowest BCUT2D eigenvalue weighted by Crippen LogP contribution is -2.11. The topological polar surface area (TPSA) is 29.1 Å². The molecule has 0 radical (unpaired) electrons. The molecule has 20 heavy (non-hydrogen) atoms. The average Bonchev–Trinajstić information content (AvgIpc) is 2.87. The number of rotatable bonds is 2. The van der Waals surface area contributed by atoms with E-state index < -0.39 is 0 Å². The number of halogens is 1. The molecule has 1 N–H and O–H groups in total. The molecule has 0 bridgehead atoms. The summed E-state index contributed by atoms with van der Waals surface area (Å²) in [4.78, 5) is 14.6. The SMILES string of the molecule is Cc1ccc(Br)cc1NC(=O)c1cc2c(s1)CCCC2. The van der Waals surface area contributed by atoms with E-state index in [4.69, 9.17) is 0 Å². The molecule has 1 heterocycles. The van der Waals surface area contributed by atoms with Gasteiger partial charge in [0.05, 0.1) is 4.88 Å². The van der Waals surface area contributed by atoms with Crippen LogP contribution in [-0.4, -0.2) is 5.91 Å². The van der Waals surface area contributed by atoms with Crippen LogP contribution in [0.3, 0.4) is 0 Å². The minimum Gasteiger partial charge on any atom is -0.321 e. The van der Waals surface area contributed by atoms with Crippen molar-refractivity contribution >= 4 is 38.9 Å². The Morgan fingerprint density at radius 1 is 1.25 bits per heavy atom. The highest BCUT2D eigenvalue weighted by Gasteiger charge is 2.17. The van der Waals surface area contributed by atoms with Gasteiger partial charge in [0.1, 0.15) is 0 Å². The Labute approximate surface area is 131 Å². The Bertz CT molecular complexity index is 639. The third-order valence-corrected chi connectivity index (χ3v) is 5.40. The van der Waals surface area contributed by atoms with Gasteiger partial charge in [0.15, 0.2) is 0 Å². The van der Waals surface area contributed by atoms with Gasteiger partial charge >= 0.3 is 0 Å². The Kier molecular flexibility index (Phi) is 3.94. The summed E-state index contributed by atoms with van der Waals surface area (Å²) in [5, 5.41) is 3.02. The predicted octanol–water partition coefficient (Wildman–Crippen LogP) is 4.95. The molecule has 1 aromatic carbocycles. The number of amides is 1. The van der Waals surface area contributed by atoms with Gasteiger partial charge in [0, 0.05) is 15.0 Å². The van der Waals surface area contributed by atoms with Gasteiger partial charge in [-0.25, -0.2) is 0 Å². The molecule has 0 atom stereocenters. The Morgan fingerprint density at radius 3 is 2.85 bits per heavy atom. The smallest absolute Gasteiger partial charge is 0.265 e. The molecular weight excluding hydrogens is 334 g/mol. The number of carbonyl (C=O) groups is 1. The second kappa shape index (κ2) is 5.70. The molecule has 4 heteroatoms. The third kappa shape index (κ3) is 2.81. The van der Waals surface area contributed by atoms with E-state index in [0.29, 0.717) is 0 Å². The zero-order valence-electron chi connectivity index (χ0n) is 11.3. The molecule has 1 amide bonds. The van der Waals surface area contributed by atoms with Gasteiger partial charge in [0.25, 0.3) is 5.91 Å². The fourth-order valence-corrected chi connectivity index (χ4v) is 4.03. The van der Waals surface area contributed by atoms with Gasteiger partial charge in [-0.15, -0.1) is 11.3 Å². The number of fused-ring (bicyclic) bond motifs is 1. The summed E-state index contributed by atoms with van der Waals surface area (Å²) in [6.45, 7) is 2.00. The summed E-state index contributed by atoms with van der Waals surface area (Å²) < 4.78 is 0.976. The van der Waals surface area contributed by atoms with Crippen LogP contribution < -0.4 is 5.32 Å². The molecule has 0 saturated heterocycles. The number of nitrogens with one attached hydrogen (secondary N) is 1. The first-order chi connectivity index (χ1) is 9.63. The van der Waals surface area contributed by atoms with Crippen molar-refractivity contribution in [1.29, 1.82) is 0 Å². The lowest BCUT2D eigenvalue weighted by molar-refractivity contribution is 0.103. The number of thiophene rings is 1. The van der Waals surface area contributed by atoms with Gasteiger partial charge in [-0.05, 0) is 61.9 Å². The summed E-state index contributed by atoms with van der Waals surface area (Å²) >= 11 is 5.09. The molecule has 2 nitrogen and oxygen atoms in total. The summed E-state index contributed by atoms with van der Waals surface area (Å²) in [5.74, 6) is 0.00519. The molecule has 0 unspecified atom stereocenters. The lowest BCUT2D eigenvalue weighted by atomic mass is 9.99. The van der Waals surface area contributed by atoms with Crippen molar-refractivity contribution in [3.63, 3.8) is 0 Å². The zero-order chi connectivity index (χ0) is 14.1. The Hall–Kier alpha value is -1.13. The first-order valence-electron chi connectivity index (χ1n) is 6.82. The molecule has 0 aliphatic heterocycles. The minimum atomic E-state index is 0.00519. The zero-order valence-corrected chi connectivity index (χ0v) is 13.7.